The SMILES string of the molecule is Oc1cc(OC(F)(F)F)cc(-c2ccccc2OCc2ccccc2)c1. The van der Waals surface area contributed by atoms with Crippen molar-refractivity contribution in [1.29, 1.82) is 0 Å². The van der Waals surface area contributed by atoms with Gasteiger partial charge in [0.2, 0.25) is 0 Å². The summed E-state index contributed by atoms with van der Waals surface area (Å²) in [6.45, 7) is 0.308. The number of aromatic hydroxyl groups is 1. The molecule has 3 aromatic carbocycles. The van der Waals surface area contributed by atoms with Crippen LogP contribution in [0.2, 0.25) is 0 Å². The third kappa shape index (κ3) is 4.69. The van der Waals surface area contributed by atoms with Crippen LogP contribution >= 0.6 is 0 Å². The molecule has 3 aromatic rings. The van der Waals surface area contributed by atoms with Crippen molar-refractivity contribution in [3.8, 4) is 28.4 Å². The lowest BCUT2D eigenvalue weighted by atomic mass is 10.0. The number of hydrogen-bond acceptors (Lipinski definition) is 3. The molecule has 0 radical (unpaired) electrons. The van der Waals surface area contributed by atoms with Crippen LogP contribution in [0.3, 0.4) is 0 Å². The van der Waals surface area contributed by atoms with E-state index in [-0.39, 0.29) is 5.75 Å². The Kier molecular flexibility index (Phi) is 5.02. The summed E-state index contributed by atoms with van der Waals surface area (Å²) in [4.78, 5) is 0. The molecule has 0 fully saturated rings. The van der Waals surface area contributed by atoms with Crippen molar-refractivity contribution in [3.63, 3.8) is 0 Å². The average molecular weight is 360 g/mol. The largest absolute Gasteiger partial charge is 0.573 e. The van der Waals surface area contributed by atoms with Gasteiger partial charge in [-0.2, -0.15) is 0 Å². The van der Waals surface area contributed by atoms with Gasteiger partial charge in [0, 0.05) is 11.6 Å². The molecule has 0 saturated heterocycles. The fourth-order valence-corrected chi connectivity index (χ4v) is 2.50. The second-order valence-corrected chi connectivity index (χ2v) is 5.53. The van der Waals surface area contributed by atoms with E-state index in [0.29, 0.717) is 23.5 Å². The first kappa shape index (κ1) is 17.7. The number of ether oxygens (including phenoxy) is 2. The Hall–Kier alpha value is -3.15. The lowest BCUT2D eigenvalue weighted by molar-refractivity contribution is -0.274. The predicted octanol–water partition coefficient (Wildman–Crippen LogP) is 5.54. The molecule has 134 valence electrons. The van der Waals surface area contributed by atoms with Crippen LogP contribution in [0.4, 0.5) is 13.2 Å². The Morgan fingerprint density at radius 2 is 1.54 bits per heavy atom. The van der Waals surface area contributed by atoms with Crippen molar-refractivity contribution in [1.82, 2.24) is 0 Å². The normalized spacial score (nSPS) is 11.2. The molecule has 0 bridgehead atoms. The second kappa shape index (κ2) is 7.39. The molecule has 0 aliphatic rings. The molecular weight excluding hydrogens is 345 g/mol. The lowest BCUT2D eigenvalue weighted by Gasteiger charge is -2.14. The van der Waals surface area contributed by atoms with Gasteiger partial charge in [-0.25, -0.2) is 0 Å². The van der Waals surface area contributed by atoms with Gasteiger partial charge < -0.3 is 14.6 Å². The maximum atomic E-state index is 12.5. The third-order valence-electron chi connectivity index (χ3n) is 3.56. The highest BCUT2D eigenvalue weighted by Gasteiger charge is 2.31. The van der Waals surface area contributed by atoms with Crippen molar-refractivity contribution in [2.75, 3.05) is 0 Å². The molecule has 0 aliphatic carbocycles. The number of para-hydroxylation sites is 1. The Balaban J connectivity index is 1.89. The molecule has 0 aromatic heterocycles. The summed E-state index contributed by atoms with van der Waals surface area (Å²) < 4.78 is 47.1. The number of hydrogen-bond donors (Lipinski definition) is 1. The van der Waals surface area contributed by atoms with E-state index < -0.39 is 12.1 Å². The van der Waals surface area contributed by atoms with Crippen LogP contribution in [0.25, 0.3) is 11.1 Å². The van der Waals surface area contributed by atoms with Crippen LogP contribution in [0.1, 0.15) is 5.56 Å². The van der Waals surface area contributed by atoms with Crippen LogP contribution in [-0.2, 0) is 6.61 Å². The summed E-state index contributed by atoms with van der Waals surface area (Å²) in [5, 5.41) is 9.76. The van der Waals surface area contributed by atoms with Gasteiger partial charge in [0.25, 0.3) is 0 Å². The number of phenolic OH excluding ortho intramolecular Hbond substituents is 1. The number of phenols is 1. The molecule has 3 rings (SSSR count). The molecule has 0 amide bonds. The van der Waals surface area contributed by atoms with Crippen LogP contribution < -0.4 is 9.47 Å². The van der Waals surface area contributed by atoms with Gasteiger partial charge in [-0.05, 0) is 29.3 Å². The maximum absolute atomic E-state index is 12.5. The first-order chi connectivity index (χ1) is 12.4. The first-order valence-electron chi connectivity index (χ1n) is 7.77. The van der Waals surface area contributed by atoms with E-state index >= 15 is 0 Å². The molecule has 0 aliphatic heterocycles. The first-order valence-corrected chi connectivity index (χ1v) is 7.77. The van der Waals surface area contributed by atoms with Crippen LogP contribution in [-0.4, -0.2) is 11.5 Å². The van der Waals surface area contributed by atoms with Gasteiger partial charge in [0.15, 0.2) is 0 Å². The Morgan fingerprint density at radius 3 is 2.27 bits per heavy atom. The summed E-state index contributed by atoms with van der Waals surface area (Å²) in [5.74, 6) is -0.343. The Labute approximate surface area is 148 Å². The van der Waals surface area contributed by atoms with E-state index in [2.05, 4.69) is 4.74 Å². The van der Waals surface area contributed by atoms with E-state index in [4.69, 9.17) is 4.74 Å². The van der Waals surface area contributed by atoms with Crippen molar-refractivity contribution < 1.29 is 27.8 Å². The van der Waals surface area contributed by atoms with Crippen molar-refractivity contribution in [2.45, 2.75) is 13.0 Å². The van der Waals surface area contributed by atoms with Crippen molar-refractivity contribution in [3.05, 3.63) is 78.4 Å². The highest BCUT2D eigenvalue weighted by Crippen LogP contribution is 2.36. The second-order valence-electron chi connectivity index (χ2n) is 5.53. The summed E-state index contributed by atoms with van der Waals surface area (Å²) in [6, 6.07) is 19.9. The summed E-state index contributed by atoms with van der Waals surface area (Å²) in [7, 11) is 0. The molecule has 6 heteroatoms. The monoisotopic (exact) mass is 360 g/mol. The average Bonchev–Trinajstić information content (AvgIpc) is 2.59. The molecule has 0 heterocycles. The molecule has 26 heavy (non-hydrogen) atoms. The van der Waals surface area contributed by atoms with Gasteiger partial charge in [0.05, 0.1) is 0 Å². The summed E-state index contributed by atoms with van der Waals surface area (Å²) >= 11 is 0. The van der Waals surface area contributed by atoms with E-state index in [1.54, 1.807) is 24.3 Å². The quantitative estimate of drug-likeness (QED) is 0.650. The van der Waals surface area contributed by atoms with Crippen molar-refractivity contribution >= 4 is 0 Å². The zero-order chi connectivity index (χ0) is 18.6. The van der Waals surface area contributed by atoms with Gasteiger partial charge in [-0.3, -0.25) is 0 Å². The molecule has 0 saturated carbocycles. The predicted molar refractivity (Wildman–Crippen MR) is 91.0 cm³/mol. The molecule has 1 N–H and O–H groups in total. The number of alkyl halides is 3. The fraction of sp³-hybridized carbons (Fsp3) is 0.100. The summed E-state index contributed by atoms with van der Waals surface area (Å²) in [6.07, 6.45) is -4.84. The number of benzene rings is 3. The minimum atomic E-state index is -4.84. The van der Waals surface area contributed by atoms with Gasteiger partial charge in [-0.15, -0.1) is 13.2 Å². The lowest BCUT2D eigenvalue weighted by Crippen LogP contribution is -2.17. The van der Waals surface area contributed by atoms with Crippen LogP contribution in [0.5, 0.6) is 17.2 Å². The summed E-state index contributed by atoms with van der Waals surface area (Å²) in [5.41, 5.74) is 1.86. The zero-order valence-corrected chi connectivity index (χ0v) is 13.5. The van der Waals surface area contributed by atoms with Crippen LogP contribution in [0, 0.1) is 0 Å². The van der Waals surface area contributed by atoms with Crippen LogP contribution in [0.15, 0.2) is 72.8 Å². The molecule has 0 atom stereocenters. The third-order valence-corrected chi connectivity index (χ3v) is 3.56. The standard InChI is InChI=1S/C20H15F3O3/c21-20(22,23)26-17-11-15(10-16(24)12-17)18-8-4-5-9-19(18)25-13-14-6-2-1-3-7-14/h1-12,24H,13H2. The molecule has 0 spiro atoms. The van der Waals surface area contributed by atoms with E-state index in [0.717, 1.165) is 11.6 Å². The Bertz CT molecular complexity index is 877. The zero-order valence-electron chi connectivity index (χ0n) is 13.5. The number of halogens is 3. The van der Waals surface area contributed by atoms with E-state index in [1.165, 1.54) is 12.1 Å². The highest BCUT2D eigenvalue weighted by molar-refractivity contribution is 5.73. The number of rotatable bonds is 5. The topological polar surface area (TPSA) is 38.7 Å². The van der Waals surface area contributed by atoms with Gasteiger partial charge in [0.1, 0.15) is 23.9 Å². The van der Waals surface area contributed by atoms with Gasteiger partial charge >= 0.3 is 6.36 Å². The minimum Gasteiger partial charge on any atom is -0.508 e. The molecule has 0 unspecified atom stereocenters. The minimum absolute atomic E-state index is 0.308. The highest BCUT2D eigenvalue weighted by atomic mass is 19.4. The Morgan fingerprint density at radius 1 is 0.846 bits per heavy atom. The van der Waals surface area contributed by atoms with E-state index in [9.17, 15) is 18.3 Å². The smallest absolute Gasteiger partial charge is 0.508 e. The van der Waals surface area contributed by atoms with Crippen molar-refractivity contribution in [2.24, 2.45) is 0 Å². The maximum Gasteiger partial charge on any atom is 0.573 e. The fourth-order valence-electron chi connectivity index (χ4n) is 2.50. The molecular formula is C20H15F3O3. The van der Waals surface area contributed by atoms with E-state index in [1.807, 2.05) is 30.3 Å². The molecule has 3 nitrogen and oxygen atoms in total. The van der Waals surface area contributed by atoms with Gasteiger partial charge in [-0.1, -0.05) is 48.5 Å².